The summed E-state index contributed by atoms with van der Waals surface area (Å²) in [6.07, 6.45) is 4.56. The van der Waals surface area contributed by atoms with Crippen LogP contribution in [0.15, 0.2) is 0 Å². The molecule has 0 amide bonds. The molecule has 0 radical (unpaired) electrons. The summed E-state index contributed by atoms with van der Waals surface area (Å²) in [5.41, 5.74) is 0. The van der Waals surface area contributed by atoms with Gasteiger partial charge in [0.25, 0.3) is 0 Å². The fraction of sp³-hybridized carbons (Fsp3) is 0.929. The molecule has 0 saturated carbocycles. The van der Waals surface area contributed by atoms with Crippen LogP contribution in [-0.4, -0.2) is 29.0 Å². The predicted molar refractivity (Wildman–Crippen MR) is 87.1 cm³/mol. The second-order valence-corrected chi connectivity index (χ2v) is 4.66. The molecule has 0 rings (SSSR count). The zero-order valence-corrected chi connectivity index (χ0v) is 15.6. The molecule has 21 heavy (non-hydrogen) atoms. The van der Waals surface area contributed by atoms with Crippen LogP contribution in [0.1, 0.15) is 74.1 Å². The Bertz CT molecular complexity index is 226. The first-order valence-corrected chi connectivity index (χ1v) is 9.17. The van der Waals surface area contributed by atoms with E-state index in [9.17, 15) is 9.36 Å². The van der Waals surface area contributed by atoms with Crippen molar-refractivity contribution in [3.8, 4) is 0 Å². The van der Waals surface area contributed by atoms with Gasteiger partial charge in [0.2, 0.25) is 0 Å². The van der Waals surface area contributed by atoms with Crippen LogP contribution in [0.25, 0.3) is 0 Å². The maximum absolute atomic E-state index is 10.2. The quantitative estimate of drug-likeness (QED) is 0.557. The largest absolute Gasteiger partial charge is 0.469 e. The summed E-state index contributed by atoms with van der Waals surface area (Å²) >= 11 is 0. The zero-order chi connectivity index (χ0) is 17.7. The van der Waals surface area contributed by atoms with Crippen molar-refractivity contribution in [3.05, 3.63) is 0 Å². The topological polar surface area (TPSA) is 93.1 Å². The number of phosphoric ester groups is 1. The van der Waals surface area contributed by atoms with Crippen LogP contribution < -0.4 is 0 Å². The summed E-state index contributed by atoms with van der Waals surface area (Å²) in [6, 6.07) is 0. The van der Waals surface area contributed by atoms with Crippen molar-refractivity contribution in [2.24, 2.45) is 0 Å². The number of ether oxygens (including phenoxy) is 1. The summed E-state index contributed by atoms with van der Waals surface area (Å²) in [5.74, 6) is -0.123. The number of esters is 1. The Hall–Kier alpha value is -0.420. The van der Waals surface area contributed by atoms with Crippen LogP contribution in [0, 0.1) is 0 Å². The van der Waals surface area contributed by atoms with E-state index >= 15 is 0 Å². The first kappa shape index (κ1) is 28.7. The lowest BCUT2D eigenvalue weighted by Gasteiger charge is -1.98. The molecule has 0 aliphatic carbocycles. The van der Waals surface area contributed by atoms with E-state index in [1.807, 2.05) is 13.8 Å². The second kappa shape index (κ2) is 24.6. The number of hydrogen-bond donors (Lipinski definition) is 2. The minimum atomic E-state index is -4.17. The molecule has 0 spiro atoms. The maximum Gasteiger partial charge on any atom is 0.469 e. The molecule has 0 aliphatic rings. The van der Waals surface area contributed by atoms with E-state index in [0.29, 0.717) is 13.0 Å². The first-order valence-electron chi connectivity index (χ1n) is 7.64. The summed E-state index contributed by atoms with van der Waals surface area (Å²) in [4.78, 5) is 26.0. The Morgan fingerprint density at radius 2 is 1.38 bits per heavy atom. The Morgan fingerprint density at radius 3 is 1.43 bits per heavy atom. The molecule has 0 unspecified atom stereocenters. The van der Waals surface area contributed by atoms with Crippen molar-refractivity contribution in [3.63, 3.8) is 0 Å². The third-order valence-corrected chi connectivity index (χ3v) is 2.19. The van der Waals surface area contributed by atoms with Gasteiger partial charge in [0.15, 0.2) is 0 Å². The van der Waals surface area contributed by atoms with E-state index in [1.54, 1.807) is 13.8 Å². The molecule has 0 bridgehead atoms. The van der Waals surface area contributed by atoms with Gasteiger partial charge < -0.3 is 14.5 Å². The highest BCUT2D eigenvalue weighted by molar-refractivity contribution is 7.46. The molecule has 0 aromatic carbocycles. The smallest absolute Gasteiger partial charge is 0.466 e. The van der Waals surface area contributed by atoms with Gasteiger partial charge in [-0.25, -0.2) is 4.57 Å². The van der Waals surface area contributed by atoms with E-state index < -0.39 is 7.82 Å². The minimum Gasteiger partial charge on any atom is -0.466 e. The van der Waals surface area contributed by atoms with Crippen LogP contribution in [0.3, 0.4) is 0 Å². The monoisotopic (exact) mass is 330 g/mol. The minimum absolute atomic E-state index is 0.0459. The lowest BCUT2D eigenvalue weighted by molar-refractivity contribution is -0.142. The fourth-order valence-electron chi connectivity index (χ4n) is 0.785. The van der Waals surface area contributed by atoms with Crippen molar-refractivity contribution in [2.75, 3.05) is 13.2 Å². The number of carbonyl (C=O) groups excluding carboxylic acids is 1. The normalized spacial score (nSPS) is 9.00. The average molecular weight is 330 g/mol. The highest BCUT2D eigenvalue weighted by atomic mass is 31.2. The van der Waals surface area contributed by atoms with Crippen LogP contribution >= 0.6 is 7.82 Å². The van der Waals surface area contributed by atoms with Gasteiger partial charge in [-0.1, -0.05) is 53.9 Å². The van der Waals surface area contributed by atoms with Gasteiger partial charge in [0.05, 0.1) is 13.2 Å². The van der Waals surface area contributed by atoms with Crippen LogP contribution in [0.4, 0.5) is 0 Å². The van der Waals surface area contributed by atoms with Crippen LogP contribution in [-0.2, 0) is 18.6 Å². The molecule has 0 aromatic rings. The molecule has 7 heteroatoms. The standard InChI is InChI=1S/C5H10O2.C5H12.C2H7O4P.C2H6/c1-3-5(6)7-4-2;1-3-5-4-2;1-2-6-7(3,4)5;1-2/h3-4H2,1-2H3;3-5H2,1-2H3;2H2,1H3,(H2,3,4,5);1-2H3. The number of rotatable bonds is 6. The van der Waals surface area contributed by atoms with Gasteiger partial charge in [0.1, 0.15) is 0 Å². The van der Waals surface area contributed by atoms with Crippen molar-refractivity contribution in [2.45, 2.75) is 74.1 Å². The highest BCUT2D eigenvalue weighted by Gasteiger charge is 2.10. The number of carbonyl (C=O) groups is 1. The lowest BCUT2D eigenvalue weighted by atomic mass is 10.3. The molecular weight excluding hydrogens is 295 g/mol. The molecule has 0 atom stereocenters. The van der Waals surface area contributed by atoms with Gasteiger partial charge in [-0.05, 0) is 13.8 Å². The second-order valence-electron chi connectivity index (χ2n) is 3.42. The van der Waals surface area contributed by atoms with Gasteiger partial charge in [-0.15, -0.1) is 0 Å². The van der Waals surface area contributed by atoms with E-state index in [-0.39, 0.29) is 12.6 Å². The molecule has 0 aliphatic heterocycles. The third kappa shape index (κ3) is 54.1. The Morgan fingerprint density at radius 1 is 0.952 bits per heavy atom. The molecule has 2 N–H and O–H groups in total. The Kier molecular flexibility index (Phi) is 33.6. The zero-order valence-electron chi connectivity index (χ0n) is 14.7. The van der Waals surface area contributed by atoms with E-state index in [2.05, 4.69) is 23.1 Å². The molecule has 0 saturated heterocycles. The third-order valence-electron chi connectivity index (χ3n) is 1.60. The SMILES string of the molecule is CC.CCCCC.CCOC(=O)CC.CCOP(=O)(O)O. The summed E-state index contributed by atoms with van der Waals surface area (Å²) in [6.45, 7) is 14.1. The van der Waals surface area contributed by atoms with E-state index in [0.717, 1.165) is 0 Å². The molecule has 0 aromatic heterocycles. The Balaban J connectivity index is -0.0000000986. The van der Waals surface area contributed by atoms with Crippen molar-refractivity contribution < 1.29 is 28.4 Å². The van der Waals surface area contributed by atoms with Gasteiger partial charge in [0, 0.05) is 6.42 Å². The first-order chi connectivity index (χ1) is 9.78. The van der Waals surface area contributed by atoms with E-state index in [4.69, 9.17) is 9.79 Å². The van der Waals surface area contributed by atoms with Crippen molar-refractivity contribution in [1.82, 2.24) is 0 Å². The summed E-state index contributed by atoms with van der Waals surface area (Å²) < 4.78 is 18.2. The lowest BCUT2D eigenvalue weighted by Crippen LogP contribution is -2.00. The van der Waals surface area contributed by atoms with E-state index in [1.165, 1.54) is 26.2 Å². The predicted octanol–water partition coefficient (Wildman–Crippen LogP) is 4.30. The van der Waals surface area contributed by atoms with Crippen LogP contribution in [0.2, 0.25) is 0 Å². The van der Waals surface area contributed by atoms with Gasteiger partial charge in [-0.3, -0.25) is 9.32 Å². The number of unbranched alkanes of at least 4 members (excludes halogenated alkanes) is 2. The molecule has 0 fully saturated rings. The average Bonchev–Trinajstić information content (AvgIpc) is 2.42. The molecular formula is C14H35O6P. The van der Waals surface area contributed by atoms with Crippen molar-refractivity contribution in [1.29, 1.82) is 0 Å². The maximum atomic E-state index is 10.2. The highest BCUT2D eigenvalue weighted by Crippen LogP contribution is 2.34. The number of phosphoric acid groups is 1. The molecule has 6 nitrogen and oxygen atoms in total. The Labute approximate surface area is 130 Å². The summed E-state index contributed by atoms with van der Waals surface area (Å²) in [7, 11) is -4.17. The fourth-order valence-corrected chi connectivity index (χ4v) is 1.12. The molecule has 132 valence electrons. The van der Waals surface area contributed by atoms with Gasteiger partial charge >= 0.3 is 13.8 Å². The van der Waals surface area contributed by atoms with Gasteiger partial charge in [-0.2, -0.15) is 0 Å². The number of hydrogen-bond acceptors (Lipinski definition) is 4. The van der Waals surface area contributed by atoms with Crippen LogP contribution in [0.5, 0.6) is 0 Å². The van der Waals surface area contributed by atoms with Crippen molar-refractivity contribution >= 4 is 13.8 Å². The summed E-state index contributed by atoms with van der Waals surface area (Å²) in [5, 5.41) is 0. The molecule has 0 heterocycles.